The summed E-state index contributed by atoms with van der Waals surface area (Å²) in [6.07, 6.45) is -0.900. The van der Waals surface area contributed by atoms with Gasteiger partial charge in [-0.3, -0.25) is 10.1 Å². The number of esters is 1. The molecule has 1 atom stereocenters. The van der Waals surface area contributed by atoms with Gasteiger partial charge in [-0.15, -0.1) is 10.2 Å². The lowest BCUT2D eigenvalue weighted by Gasteiger charge is -2.09. The summed E-state index contributed by atoms with van der Waals surface area (Å²) in [7, 11) is 0. The van der Waals surface area contributed by atoms with Crippen LogP contribution in [0.4, 0.5) is 5.69 Å². The molecule has 0 aliphatic rings. The van der Waals surface area contributed by atoms with E-state index in [1.54, 1.807) is 0 Å². The zero-order valence-electron chi connectivity index (χ0n) is 14.4. The van der Waals surface area contributed by atoms with Gasteiger partial charge in [0.25, 0.3) is 11.6 Å². The lowest BCUT2D eigenvalue weighted by molar-refractivity contribution is -0.385. The first-order chi connectivity index (χ1) is 12.8. The standard InChI is InChI=1S/C18H14ClN3O5/c1-10-3-5-12(6-4-10)17-21-20-16(27-17)11(2)26-18(23)14-9-13(19)7-8-15(14)22(24)25/h3-9,11H,1-2H3/t11-/m0/s1. The fraction of sp³-hybridized carbons (Fsp3) is 0.167. The van der Waals surface area contributed by atoms with Crippen LogP contribution in [0.5, 0.6) is 0 Å². The number of halogens is 1. The highest BCUT2D eigenvalue weighted by molar-refractivity contribution is 6.31. The van der Waals surface area contributed by atoms with Crippen LogP contribution in [0.3, 0.4) is 0 Å². The maximum absolute atomic E-state index is 12.3. The predicted molar refractivity (Wildman–Crippen MR) is 96.4 cm³/mol. The molecular weight excluding hydrogens is 374 g/mol. The topological polar surface area (TPSA) is 108 Å². The average molecular weight is 388 g/mol. The second-order valence-corrected chi connectivity index (χ2v) is 6.21. The molecule has 0 N–H and O–H groups in total. The first-order valence-corrected chi connectivity index (χ1v) is 8.28. The SMILES string of the molecule is Cc1ccc(-c2nnc([C@H](C)OC(=O)c3cc(Cl)ccc3[N+](=O)[O-])o2)cc1. The summed E-state index contributed by atoms with van der Waals surface area (Å²) in [6.45, 7) is 3.49. The lowest BCUT2D eigenvalue weighted by atomic mass is 10.1. The van der Waals surface area contributed by atoms with Crippen LogP contribution in [0.15, 0.2) is 46.9 Å². The number of benzene rings is 2. The van der Waals surface area contributed by atoms with Crippen molar-refractivity contribution in [3.63, 3.8) is 0 Å². The van der Waals surface area contributed by atoms with E-state index in [4.69, 9.17) is 20.8 Å². The summed E-state index contributed by atoms with van der Waals surface area (Å²) >= 11 is 5.83. The third-order valence-electron chi connectivity index (χ3n) is 3.75. The Labute approximate surface area is 158 Å². The molecule has 0 saturated heterocycles. The van der Waals surface area contributed by atoms with Gasteiger partial charge in [0.05, 0.1) is 4.92 Å². The van der Waals surface area contributed by atoms with Crippen LogP contribution in [0.25, 0.3) is 11.5 Å². The molecule has 0 saturated carbocycles. The summed E-state index contributed by atoms with van der Waals surface area (Å²) < 4.78 is 10.8. The largest absolute Gasteiger partial charge is 0.449 e. The van der Waals surface area contributed by atoms with E-state index in [2.05, 4.69) is 10.2 Å². The zero-order valence-corrected chi connectivity index (χ0v) is 15.1. The van der Waals surface area contributed by atoms with E-state index in [1.165, 1.54) is 19.1 Å². The molecule has 0 fully saturated rings. The maximum Gasteiger partial charge on any atom is 0.345 e. The van der Waals surface area contributed by atoms with Crippen molar-refractivity contribution in [3.05, 3.63) is 74.6 Å². The Kier molecular flexibility index (Phi) is 5.18. The van der Waals surface area contributed by atoms with E-state index in [0.717, 1.165) is 17.2 Å². The van der Waals surface area contributed by atoms with Gasteiger partial charge in [0, 0.05) is 16.7 Å². The fourth-order valence-electron chi connectivity index (χ4n) is 2.32. The highest BCUT2D eigenvalue weighted by Crippen LogP contribution is 2.27. The van der Waals surface area contributed by atoms with Gasteiger partial charge in [-0.05, 0) is 38.1 Å². The van der Waals surface area contributed by atoms with Crippen LogP contribution >= 0.6 is 11.6 Å². The molecule has 1 heterocycles. The number of aryl methyl sites for hydroxylation is 1. The van der Waals surface area contributed by atoms with Crippen LogP contribution in [-0.2, 0) is 4.74 Å². The average Bonchev–Trinajstić information content (AvgIpc) is 3.12. The molecule has 27 heavy (non-hydrogen) atoms. The van der Waals surface area contributed by atoms with Crippen LogP contribution in [0.2, 0.25) is 5.02 Å². The zero-order chi connectivity index (χ0) is 19.6. The molecule has 0 unspecified atom stereocenters. The number of rotatable bonds is 5. The van der Waals surface area contributed by atoms with E-state index in [9.17, 15) is 14.9 Å². The van der Waals surface area contributed by atoms with Crippen LogP contribution in [-0.4, -0.2) is 21.1 Å². The van der Waals surface area contributed by atoms with Crippen molar-refractivity contribution in [2.24, 2.45) is 0 Å². The molecule has 138 valence electrons. The van der Waals surface area contributed by atoms with Crippen molar-refractivity contribution in [2.75, 3.05) is 0 Å². The second-order valence-electron chi connectivity index (χ2n) is 5.78. The Hall–Kier alpha value is -3.26. The van der Waals surface area contributed by atoms with Gasteiger partial charge in [0.15, 0.2) is 6.10 Å². The monoisotopic (exact) mass is 387 g/mol. The number of carbonyl (C=O) groups excluding carboxylic acids is 1. The molecule has 8 nitrogen and oxygen atoms in total. The van der Waals surface area contributed by atoms with E-state index >= 15 is 0 Å². The Morgan fingerprint density at radius 2 is 1.93 bits per heavy atom. The molecule has 0 spiro atoms. The van der Waals surface area contributed by atoms with E-state index in [-0.39, 0.29) is 22.4 Å². The van der Waals surface area contributed by atoms with Crippen molar-refractivity contribution in [1.29, 1.82) is 0 Å². The minimum absolute atomic E-state index is 0.0728. The highest BCUT2D eigenvalue weighted by atomic mass is 35.5. The quantitative estimate of drug-likeness (QED) is 0.359. The normalized spacial score (nSPS) is 11.8. The summed E-state index contributed by atoms with van der Waals surface area (Å²) in [5.41, 5.74) is 1.16. The summed E-state index contributed by atoms with van der Waals surface area (Å²) in [5.74, 6) is -0.558. The number of nitro groups is 1. The lowest BCUT2D eigenvalue weighted by Crippen LogP contribution is -2.11. The molecule has 0 bridgehead atoms. The predicted octanol–water partition coefficient (Wildman–Crippen LogP) is 4.52. The minimum atomic E-state index is -0.910. The molecule has 2 aromatic carbocycles. The summed E-state index contributed by atoms with van der Waals surface area (Å²) in [4.78, 5) is 22.8. The van der Waals surface area contributed by atoms with Crippen molar-refractivity contribution < 1.29 is 18.9 Å². The van der Waals surface area contributed by atoms with Gasteiger partial charge in [-0.1, -0.05) is 29.3 Å². The van der Waals surface area contributed by atoms with Crippen molar-refractivity contribution in [3.8, 4) is 11.5 Å². The first kappa shape index (κ1) is 18.5. The first-order valence-electron chi connectivity index (χ1n) is 7.90. The molecule has 3 rings (SSSR count). The third-order valence-corrected chi connectivity index (χ3v) is 3.98. The highest BCUT2D eigenvalue weighted by Gasteiger charge is 2.26. The number of nitrogens with zero attached hydrogens (tertiary/aromatic N) is 3. The van der Waals surface area contributed by atoms with Crippen molar-refractivity contribution >= 4 is 23.3 Å². The minimum Gasteiger partial charge on any atom is -0.449 e. The van der Waals surface area contributed by atoms with Crippen LogP contribution in [0, 0.1) is 17.0 Å². The molecule has 9 heteroatoms. The Bertz CT molecular complexity index is 1000. The number of hydrogen-bond donors (Lipinski definition) is 0. The van der Waals surface area contributed by atoms with Crippen LogP contribution in [0.1, 0.15) is 34.8 Å². The molecule has 0 aliphatic carbocycles. The summed E-state index contributed by atoms with van der Waals surface area (Å²) in [6, 6.07) is 11.1. The van der Waals surface area contributed by atoms with Gasteiger partial charge >= 0.3 is 5.97 Å². The number of aromatic nitrogens is 2. The Balaban J connectivity index is 1.79. The maximum atomic E-state index is 12.3. The molecule has 1 aromatic heterocycles. The van der Waals surface area contributed by atoms with Crippen molar-refractivity contribution in [1.82, 2.24) is 10.2 Å². The van der Waals surface area contributed by atoms with Gasteiger partial charge in [-0.2, -0.15) is 0 Å². The van der Waals surface area contributed by atoms with Crippen molar-refractivity contribution in [2.45, 2.75) is 20.0 Å². The molecular formula is C18H14ClN3O5. The summed E-state index contributed by atoms with van der Waals surface area (Å²) in [5, 5.41) is 19.1. The number of hydrogen-bond acceptors (Lipinski definition) is 7. The molecule has 3 aromatic rings. The Morgan fingerprint density at radius 3 is 2.59 bits per heavy atom. The number of carbonyl (C=O) groups is 1. The fourth-order valence-corrected chi connectivity index (χ4v) is 2.49. The third kappa shape index (κ3) is 4.12. The van der Waals surface area contributed by atoms with E-state index < -0.39 is 22.7 Å². The van der Waals surface area contributed by atoms with Gasteiger partial charge in [0.2, 0.25) is 5.89 Å². The van der Waals surface area contributed by atoms with Gasteiger partial charge in [-0.25, -0.2) is 4.79 Å². The van der Waals surface area contributed by atoms with E-state index in [1.807, 2.05) is 31.2 Å². The number of ether oxygens (including phenoxy) is 1. The van der Waals surface area contributed by atoms with E-state index in [0.29, 0.717) is 0 Å². The smallest absolute Gasteiger partial charge is 0.345 e. The molecule has 0 amide bonds. The van der Waals surface area contributed by atoms with Crippen LogP contribution < -0.4 is 0 Å². The number of nitro benzene ring substituents is 1. The second kappa shape index (κ2) is 7.55. The van der Waals surface area contributed by atoms with Gasteiger partial charge in [0.1, 0.15) is 5.56 Å². The Morgan fingerprint density at radius 1 is 1.22 bits per heavy atom. The molecule has 0 aliphatic heterocycles. The molecule has 0 radical (unpaired) electrons. The van der Waals surface area contributed by atoms with Gasteiger partial charge < -0.3 is 9.15 Å².